The minimum absolute atomic E-state index is 0.0478. The highest BCUT2D eigenvalue weighted by molar-refractivity contribution is 5.68. The van der Waals surface area contributed by atoms with Crippen molar-refractivity contribution >= 4 is 12.2 Å². The highest BCUT2D eigenvalue weighted by Crippen LogP contribution is 2.17. The van der Waals surface area contributed by atoms with Crippen LogP contribution in [0.5, 0.6) is 0 Å². The molecule has 0 radical (unpaired) electrons. The van der Waals surface area contributed by atoms with Gasteiger partial charge >= 0.3 is 12.2 Å². The van der Waals surface area contributed by atoms with E-state index in [4.69, 9.17) is 14.2 Å². The van der Waals surface area contributed by atoms with Crippen LogP contribution >= 0.6 is 0 Å². The van der Waals surface area contributed by atoms with E-state index in [-0.39, 0.29) is 18.8 Å². The van der Waals surface area contributed by atoms with Crippen LogP contribution in [0.2, 0.25) is 0 Å². The van der Waals surface area contributed by atoms with Crippen LogP contribution in [0.1, 0.15) is 39.2 Å². The van der Waals surface area contributed by atoms with Crippen LogP contribution in [0.3, 0.4) is 0 Å². The van der Waals surface area contributed by atoms with Crippen molar-refractivity contribution in [1.29, 1.82) is 0 Å². The maximum Gasteiger partial charge on any atom is 0.410 e. The molecule has 1 aliphatic rings. The quantitative estimate of drug-likeness (QED) is 0.769. The van der Waals surface area contributed by atoms with Crippen molar-refractivity contribution in [2.75, 3.05) is 26.2 Å². The van der Waals surface area contributed by atoms with E-state index in [1.54, 1.807) is 4.90 Å². The van der Waals surface area contributed by atoms with Crippen molar-refractivity contribution in [2.24, 2.45) is 0 Å². The molecule has 0 saturated carbocycles. The van der Waals surface area contributed by atoms with Gasteiger partial charge in [-0.05, 0) is 39.2 Å². The minimum Gasteiger partial charge on any atom is -0.445 e. The Morgan fingerprint density at radius 2 is 1.96 bits per heavy atom. The number of nitrogens with zero attached hydrogens (tertiary/aromatic N) is 1. The number of nitrogens with one attached hydrogen (secondary N) is 1. The maximum atomic E-state index is 12.1. The SMILES string of the molecule is CC(C)(C)OC(=O)N1CCC[C@H](OCCNC(=O)OCc2ccccc2)C1. The van der Waals surface area contributed by atoms with Gasteiger partial charge in [-0.3, -0.25) is 0 Å². The molecule has 1 atom stereocenters. The molecule has 1 N–H and O–H groups in total. The molecular formula is C20H30N2O5. The summed E-state index contributed by atoms with van der Waals surface area (Å²) in [7, 11) is 0. The summed E-state index contributed by atoms with van der Waals surface area (Å²) in [5.41, 5.74) is 0.433. The number of carbonyl (C=O) groups is 2. The molecule has 0 aliphatic carbocycles. The molecule has 0 bridgehead atoms. The molecule has 7 nitrogen and oxygen atoms in total. The van der Waals surface area contributed by atoms with Gasteiger partial charge in [-0.25, -0.2) is 9.59 Å². The van der Waals surface area contributed by atoms with Crippen molar-refractivity contribution in [2.45, 2.75) is 51.9 Å². The van der Waals surface area contributed by atoms with Gasteiger partial charge in [0.1, 0.15) is 12.2 Å². The second-order valence-electron chi connectivity index (χ2n) is 7.55. The van der Waals surface area contributed by atoms with Crippen LogP contribution in [0.15, 0.2) is 30.3 Å². The molecule has 150 valence electrons. The van der Waals surface area contributed by atoms with Crippen LogP contribution < -0.4 is 5.32 Å². The first-order valence-corrected chi connectivity index (χ1v) is 9.37. The fraction of sp³-hybridized carbons (Fsp3) is 0.600. The third-order valence-corrected chi connectivity index (χ3v) is 3.97. The smallest absolute Gasteiger partial charge is 0.410 e. The van der Waals surface area contributed by atoms with E-state index in [2.05, 4.69) is 5.32 Å². The van der Waals surface area contributed by atoms with Crippen LogP contribution in [-0.4, -0.2) is 55.0 Å². The zero-order valence-corrected chi connectivity index (χ0v) is 16.4. The first kappa shape index (κ1) is 21.0. The monoisotopic (exact) mass is 378 g/mol. The summed E-state index contributed by atoms with van der Waals surface area (Å²) in [6, 6.07) is 9.51. The summed E-state index contributed by atoms with van der Waals surface area (Å²) in [6.07, 6.45) is 0.932. The van der Waals surface area contributed by atoms with Crippen molar-refractivity contribution in [1.82, 2.24) is 10.2 Å². The van der Waals surface area contributed by atoms with Gasteiger partial charge in [0.2, 0.25) is 0 Å². The normalized spacial score (nSPS) is 17.3. The molecular weight excluding hydrogens is 348 g/mol. The molecule has 1 aliphatic heterocycles. The number of amides is 2. The summed E-state index contributed by atoms with van der Waals surface area (Å²) in [6.45, 7) is 7.71. The molecule has 0 spiro atoms. The van der Waals surface area contributed by atoms with E-state index >= 15 is 0 Å². The standard InChI is InChI=1S/C20H30N2O5/c1-20(2,3)27-19(24)22-12-7-10-17(14-22)25-13-11-21-18(23)26-15-16-8-5-4-6-9-16/h4-6,8-9,17H,7,10-15H2,1-3H3,(H,21,23)/t17-/m0/s1. The van der Waals surface area contributed by atoms with Crippen molar-refractivity contribution in [3.63, 3.8) is 0 Å². The maximum absolute atomic E-state index is 12.1. The Morgan fingerprint density at radius 3 is 2.67 bits per heavy atom. The minimum atomic E-state index is -0.505. The van der Waals surface area contributed by atoms with Gasteiger partial charge in [-0.2, -0.15) is 0 Å². The molecule has 27 heavy (non-hydrogen) atoms. The Hall–Kier alpha value is -2.28. The lowest BCUT2D eigenvalue weighted by Crippen LogP contribution is -2.45. The predicted molar refractivity (Wildman–Crippen MR) is 101 cm³/mol. The molecule has 1 heterocycles. The van der Waals surface area contributed by atoms with Gasteiger partial charge in [0.05, 0.1) is 19.3 Å². The largest absolute Gasteiger partial charge is 0.445 e. The molecule has 1 aromatic carbocycles. The Morgan fingerprint density at radius 1 is 1.22 bits per heavy atom. The number of hydrogen-bond donors (Lipinski definition) is 1. The van der Waals surface area contributed by atoms with E-state index < -0.39 is 11.7 Å². The average molecular weight is 378 g/mol. The van der Waals surface area contributed by atoms with Crippen molar-refractivity contribution in [3.8, 4) is 0 Å². The summed E-state index contributed by atoms with van der Waals surface area (Å²) >= 11 is 0. The molecule has 2 amide bonds. The number of benzene rings is 1. The zero-order valence-electron chi connectivity index (χ0n) is 16.4. The molecule has 7 heteroatoms. The highest BCUT2D eigenvalue weighted by Gasteiger charge is 2.27. The van der Waals surface area contributed by atoms with Crippen molar-refractivity contribution in [3.05, 3.63) is 35.9 Å². The summed E-state index contributed by atoms with van der Waals surface area (Å²) in [4.78, 5) is 25.5. The molecule has 0 unspecified atom stereocenters. The Kier molecular flexibility index (Phi) is 7.91. The van der Waals surface area contributed by atoms with Gasteiger partial charge in [-0.15, -0.1) is 0 Å². The summed E-state index contributed by atoms with van der Waals surface area (Å²) in [5, 5.41) is 2.67. The summed E-state index contributed by atoms with van der Waals surface area (Å²) in [5.74, 6) is 0. The fourth-order valence-corrected chi connectivity index (χ4v) is 2.72. The van der Waals surface area contributed by atoms with Gasteiger partial charge in [0, 0.05) is 13.1 Å². The van der Waals surface area contributed by atoms with Crippen LogP contribution in [-0.2, 0) is 20.8 Å². The number of ether oxygens (including phenoxy) is 3. The van der Waals surface area contributed by atoms with Crippen LogP contribution in [0.4, 0.5) is 9.59 Å². The average Bonchev–Trinajstić information content (AvgIpc) is 2.63. The first-order chi connectivity index (χ1) is 12.8. The number of hydrogen-bond acceptors (Lipinski definition) is 5. The summed E-state index contributed by atoms with van der Waals surface area (Å²) < 4.78 is 16.3. The Labute approximate surface area is 161 Å². The van der Waals surface area contributed by atoms with Crippen LogP contribution in [0.25, 0.3) is 0 Å². The molecule has 1 fully saturated rings. The van der Waals surface area contributed by atoms with E-state index in [0.29, 0.717) is 26.2 Å². The zero-order chi connectivity index (χ0) is 19.7. The van der Waals surface area contributed by atoms with E-state index in [1.165, 1.54) is 0 Å². The molecule has 1 aromatic rings. The van der Waals surface area contributed by atoms with Gasteiger partial charge < -0.3 is 24.4 Å². The first-order valence-electron chi connectivity index (χ1n) is 9.37. The number of alkyl carbamates (subject to hydrolysis) is 1. The topological polar surface area (TPSA) is 77.1 Å². The number of carbonyl (C=O) groups excluding carboxylic acids is 2. The number of likely N-dealkylation sites (tertiary alicyclic amines) is 1. The van der Waals surface area contributed by atoms with Crippen LogP contribution in [0, 0.1) is 0 Å². The second kappa shape index (κ2) is 10.2. The van der Waals surface area contributed by atoms with E-state index in [0.717, 1.165) is 18.4 Å². The lowest BCUT2D eigenvalue weighted by Gasteiger charge is -2.34. The highest BCUT2D eigenvalue weighted by atomic mass is 16.6. The van der Waals surface area contributed by atoms with Crippen molar-refractivity contribution < 1.29 is 23.8 Å². The lowest BCUT2D eigenvalue weighted by atomic mass is 10.1. The third-order valence-electron chi connectivity index (χ3n) is 3.97. The lowest BCUT2D eigenvalue weighted by molar-refractivity contribution is -0.0193. The van der Waals surface area contributed by atoms with Gasteiger partial charge in [0.25, 0.3) is 0 Å². The molecule has 2 rings (SSSR count). The van der Waals surface area contributed by atoms with Gasteiger partial charge in [-0.1, -0.05) is 30.3 Å². The Balaban J connectivity index is 1.60. The predicted octanol–water partition coefficient (Wildman–Crippen LogP) is 3.33. The van der Waals surface area contributed by atoms with E-state index in [9.17, 15) is 9.59 Å². The second-order valence-corrected chi connectivity index (χ2v) is 7.55. The van der Waals surface area contributed by atoms with Gasteiger partial charge in [0.15, 0.2) is 0 Å². The molecule has 0 aromatic heterocycles. The van der Waals surface area contributed by atoms with E-state index in [1.807, 2.05) is 51.1 Å². The number of piperidine rings is 1. The number of rotatable bonds is 6. The fourth-order valence-electron chi connectivity index (χ4n) is 2.72. The molecule has 1 saturated heterocycles. The Bertz CT molecular complexity index is 600. The third kappa shape index (κ3) is 8.30.